The van der Waals surface area contributed by atoms with Crippen molar-refractivity contribution in [2.45, 2.75) is 25.4 Å². The molecule has 0 aromatic heterocycles. The number of hydrogen-bond donors (Lipinski definition) is 3. The molecule has 1 aromatic carbocycles. The molecule has 1 aliphatic heterocycles. The summed E-state index contributed by atoms with van der Waals surface area (Å²) in [5.74, 6) is -0.127. The molecule has 0 saturated carbocycles. The summed E-state index contributed by atoms with van der Waals surface area (Å²) in [5.41, 5.74) is 6.23. The summed E-state index contributed by atoms with van der Waals surface area (Å²) in [4.78, 5) is 11.7. The minimum Gasteiger partial charge on any atom is -0.376 e. The van der Waals surface area contributed by atoms with Crippen molar-refractivity contribution >= 4 is 23.2 Å². The molecule has 0 bridgehead atoms. The van der Waals surface area contributed by atoms with E-state index >= 15 is 0 Å². The average Bonchev–Trinajstić information content (AvgIpc) is 2.97. The molecule has 1 saturated heterocycles. The third-order valence-electron chi connectivity index (χ3n) is 3.04. The summed E-state index contributed by atoms with van der Waals surface area (Å²) in [7, 11) is 0. The van der Waals surface area contributed by atoms with E-state index in [9.17, 15) is 4.79 Å². The van der Waals surface area contributed by atoms with Gasteiger partial charge >= 0.3 is 0 Å². The van der Waals surface area contributed by atoms with Gasteiger partial charge in [-0.3, -0.25) is 15.6 Å². The van der Waals surface area contributed by atoms with E-state index < -0.39 is 0 Å². The van der Waals surface area contributed by atoms with Crippen LogP contribution >= 0.6 is 12.2 Å². The van der Waals surface area contributed by atoms with Crippen molar-refractivity contribution in [2.75, 3.05) is 13.2 Å². The predicted octanol–water partition coefficient (Wildman–Crippen LogP) is 0.903. The monoisotopic (exact) mass is 293 g/mol. The fourth-order valence-corrected chi connectivity index (χ4v) is 2.14. The van der Waals surface area contributed by atoms with Gasteiger partial charge in [0.05, 0.1) is 12.5 Å². The lowest BCUT2D eigenvalue weighted by molar-refractivity contribution is -0.121. The van der Waals surface area contributed by atoms with Crippen molar-refractivity contribution < 1.29 is 9.53 Å². The third-order valence-corrected chi connectivity index (χ3v) is 3.28. The number of benzene rings is 1. The standard InChI is InChI=1S/C14H19N3O2S/c18-13(9-11-5-2-1-3-6-11)16-17-14(20)15-10-12-7-4-8-19-12/h1-3,5-6,12H,4,7-10H2,(H,16,18)(H2,15,17,20)/t12-/m1/s1. The number of thiocarbonyl (C=S) groups is 1. The van der Waals surface area contributed by atoms with E-state index in [1.165, 1.54) is 0 Å². The first kappa shape index (κ1) is 14.7. The van der Waals surface area contributed by atoms with Gasteiger partial charge in [-0.25, -0.2) is 0 Å². The highest BCUT2D eigenvalue weighted by molar-refractivity contribution is 7.80. The SMILES string of the molecule is O=C(Cc1ccccc1)NNC(=S)NC[C@H]1CCCO1. The predicted molar refractivity (Wildman–Crippen MR) is 81.0 cm³/mol. The van der Waals surface area contributed by atoms with E-state index in [0.29, 0.717) is 18.1 Å². The zero-order valence-corrected chi connectivity index (χ0v) is 12.0. The highest BCUT2D eigenvalue weighted by atomic mass is 32.1. The smallest absolute Gasteiger partial charge is 0.242 e. The molecule has 1 amide bonds. The summed E-state index contributed by atoms with van der Waals surface area (Å²) in [5, 5.41) is 3.43. The molecule has 1 heterocycles. The first-order valence-electron chi connectivity index (χ1n) is 6.72. The molecular weight excluding hydrogens is 274 g/mol. The van der Waals surface area contributed by atoms with Crippen molar-refractivity contribution in [3.05, 3.63) is 35.9 Å². The van der Waals surface area contributed by atoms with Gasteiger partial charge in [-0.15, -0.1) is 0 Å². The Labute approximate surface area is 124 Å². The van der Waals surface area contributed by atoms with Crippen LogP contribution in [0.25, 0.3) is 0 Å². The number of hydrazine groups is 1. The Morgan fingerprint density at radius 2 is 2.10 bits per heavy atom. The third kappa shape index (κ3) is 5.14. The number of ether oxygens (including phenoxy) is 1. The largest absolute Gasteiger partial charge is 0.376 e. The van der Waals surface area contributed by atoms with Crippen molar-refractivity contribution in [3.63, 3.8) is 0 Å². The molecule has 6 heteroatoms. The van der Waals surface area contributed by atoms with E-state index in [-0.39, 0.29) is 12.0 Å². The minimum absolute atomic E-state index is 0.127. The Bertz CT molecular complexity index is 447. The molecule has 5 nitrogen and oxygen atoms in total. The van der Waals surface area contributed by atoms with Gasteiger partial charge in [0, 0.05) is 13.2 Å². The fraction of sp³-hybridized carbons (Fsp3) is 0.429. The second-order valence-electron chi connectivity index (χ2n) is 4.68. The molecule has 0 unspecified atom stereocenters. The van der Waals surface area contributed by atoms with Crippen LogP contribution in [0.15, 0.2) is 30.3 Å². The molecule has 1 aliphatic rings. The van der Waals surface area contributed by atoms with Gasteiger partial charge in [-0.05, 0) is 30.6 Å². The van der Waals surface area contributed by atoms with E-state index in [1.54, 1.807) is 0 Å². The van der Waals surface area contributed by atoms with Crippen LogP contribution in [-0.4, -0.2) is 30.3 Å². The Morgan fingerprint density at radius 1 is 1.30 bits per heavy atom. The number of amides is 1. The molecule has 20 heavy (non-hydrogen) atoms. The van der Waals surface area contributed by atoms with Crippen LogP contribution < -0.4 is 16.2 Å². The van der Waals surface area contributed by atoms with Crippen LogP contribution in [0.1, 0.15) is 18.4 Å². The highest BCUT2D eigenvalue weighted by Gasteiger charge is 2.15. The summed E-state index contributed by atoms with van der Waals surface area (Å²) in [6.07, 6.45) is 2.69. The van der Waals surface area contributed by atoms with Crippen LogP contribution in [0.4, 0.5) is 0 Å². The van der Waals surface area contributed by atoms with Crippen LogP contribution in [0.5, 0.6) is 0 Å². The van der Waals surface area contributed by atoms with E-state index in [1.807, 2.05) is 30.3 Å². The number of nitrogens with one attached hydrogen (secondary N) is 3. The van der Waals surface area contributed by atoms with Gasteiger partial charge in [0.15, 0.2) is 5.11 Å². The average molecular weight is 293 g/mol. The molecule has 108 valence electrons. The van der Waals surface area contributed by atoms with Crippen LogP contribution in [0.2, 0.25) is 0 Å². The van der Waals surface area contributed by atoms with Gasteiger partial charge in [-0.1, -0.05) is 30.3 Å². The molecular formula is C14H19N3O2S. The number of carbonyl (C=O) groups is 1. The molecule has 2 rings (SSSR count). The second-order valence-corrected chi connectivity index (χ2v) is 5.09. The Balaban J connectivity index is 1.61. The Hall–Kier alpha value is -1.66. The zero-order chi connectivity index (χ0) is 14.2. The van der Waals surface area contributed by atoms with Gasteiger partial charge in [-0.2, -0.15) is 0 Å². The molecule has 1 atom stereocenters. The lowest BCUT2D eigenvalue weighted by Crippen LogP contribution is -2.48. The molecule has 3 N–H and O–H groups in total. The van der Waals surface area contributed by atoms with Gasteiger partial charge in [0.1, 0.15) is 0 Å². The first-order valence-corrected chi connectivity index (χ1v) is 7.13. The molecule has 0 aliphatic carbocycles. The normalized spacial score (nSPS) is 17.5. The summed E-state index contributed by atoms with van der Waals surface area (Å²) in [6.45, 7) is 1.49. The van der Waals surface area contributed by atoms with Crippen molar-refractivity contribution in [1.29, 1.82) is 0 Å². The lowest BCUT2D eigenvalue weighted by atomic mass is 10.1. The highest BCUT2D eigenvalue weighted by Crippen LogP contribution is 2.10. The van der Waals surface area contributed by atoms with Crippen molar-refractivity contribution in [1.82, 2.24) is 16.2 Å². The summed E-state index contributed by atoms with van der Waals surface area (Å²) >= 11 is 5.08. The van der Waals surface area contributed by atoms with E-state index in [4.69, 9.17) is 17.0 Å². The van der Waals surface area contributed by atoms with Gasteiger partial charge in [0.25, 0.3) is 0 Å². The Kier molecular flexibility index (Phi) is 5.76. The van der Waals surface area contributed by atoms with Crippen LogP contribution in [0, 0.1) is 0 Å². The van der Waals surface area contributed by atoms with Crippen LogP contribution in [-0.2, 0) is 16.0 Å². The maximum Gasteiger partial charge on any atom is 0.242 e. The van der Waals surface area contributed by atoms with Crippen molar-refractivity contribution in [3.8, 4) is 0 Å². The fourth-order valence-electron chi connectivity index (χ4n) is 2.01. The summed E-state index contributed by atoms with van der Waals surface area (Å²) in [6, 6.07) is 9.55. The molecule has 0 radical (unpaired) electrons. The molecule has 1 aromatic rings. The first-order chi connectivity index (χ1) is 9.74. The lowest BCUT2D eigenvalue weighted by Gasteiger charge is -2.14. The molecule has 1 fully saturated rings. The molecule has 0 spiro atoms. The van der Waals surface area contributed by atoms with E-state index in [0.717, 1.165) is 25.0 Å². The number of hydrogen-bond acceptors (Lipinski definition) is 3. The van der Waals surface area contributed by atoms with Crippen molar-refractivity contribution in [2.24, 2.45) is 0 Å². The number of carbonyl (C=O) groups excluding carboxylic acids is 1. The Morgan fingerprint density at radius 3 is 2.80 bits per heavy atom. The van der Waals surface area contributed by atoms with Crippen LogP contribution in [0.3, 0.4) is 0 Å². The van der Waals surface area contributed by atoms with Gasteiger partial charge in [0.2, 0.25) is 5.91 Å². The topological polar surface area (TPSA) is 62.4 Å². The quantitative estimate of drug-likeness (QED) is 0.569. The maximum atomic E-state index is 11.7. The minimum atomic E-state index is -0.127. The zero-order valence-electron chi connectivity index (χ0n) is 11.2. The summed E-state index contributed by atoms with van der Waals surface area (Å²) < 4.78 is 5.47. The number of rotatable bonds is 4. The second kappa shape index (κ2) is 7.81. The van der Waals surface area contributed by atoms with E-state index in [2.05, 4.69) is 16.2 Å². The van der Waals surface area contributed by atoms with Gasteiger partial charge < -0.3 is 10.1 Å². The maximum absolute atomic E-state index is 11.7.